The Morgan fingerprint density at radius 2 is 1.62 bits per heavy atom. The Hall–Kier alpha value is -2.37. The summed E-state index contributed by atoms with van der Waals surface area (Å²) in [6.07, 6.45) is -1.21. The second-order valence-electron chi connectivity index (χ2n) is 6.34. The van der Waals surface area contributed by atoms with Gasteiger partial charge in [-0.15, -0.1) is 0 Å². The molecular formula is C20H23ClN2O3. The van der Waals surface area contributed by atoms with Crippen LogP contribution < -0.4 is 5.32 Å². The number of para-hydroxylation sites is 1. The minimum absolute atomic E-state index is 0.360. The highest BCUT2D eigenvalue weighted by atomic mass is 35.5. The minimum Gasteiger partial charge on any atom is -0.384 e. The highest BCUT2D eigenvalue weighted by Gasteiger charge is 2.30. The quantitative estimate of drug-likeness (QED) is 0.841. The molecule has 5 nitrogen and oxygen atoms in total. The number of benzene rings is 2. The van der Waals surface area contributed by atoms with Crippen LogP contribution in [0.25, 0.3) is 0 Å². The van der Waals surface area contributed by atoms with Gasteiger partial charge in [-0.25, -0.2) is 0 Å². The lowest BCUT2D eigenvalue weighted by molar-refractivity contribution is -0.143. The number of aryl methyl sites for hydroxylation is 2. The van der Waals surface area contributed by atoms with Gasteiger partial charge in [-0.2, -0.15) is 0 Å². The molecule has 26 heavy (non-hydrogen) atoms. The molecule has 0 spiro atoms. The van der Waals surface area contributed by atoms with Crippen molar-refractivity contribution in [1.29, 1.82) is 0 Å². The number of nitrogens with zero attached hydrogens (tertiary/aromatic N) is 1. The molecule has 2 aromatic rings. The highest BCUT2D eigenvalue weighted by molar-refractivity contribution is 6.30. The first kappa shape index (κ1) is 19.9. The number of rotatable bonds is 5. The molecule has 138 valence electrons. The molecule has 0 aromatic heterocycles. The van der Waals surface area contributed by atoms with Crippen molar-refractivity contribution in [3.63, 3.8) is 0 Å². The monoisotopic (exact) mass is 374 g/mol. The zero-order chi connectivity index (χ0) is 19.4. The van der Waals surface area contributed by atoms with Crippen LogP contribution in [0.15, 0.2) is 42.5 Å². The van der Waals surface area contributed by atoms with E-state index >= 15 is 0 Å². The van der Waals surface area contributed by atoms with Crippen LogP contribution in [0.1, 0.15) is 29.7 Å². The lowest BCUT2D eigenvalue weighted by atomic mass is 10.0. The van der Waals surface area contributed by atoms with Gasteiger partial charge in [-0.3, -0.25) is 9.59 Å². The Kier molecular flexibility index (Phi) is 6.40. The summed E-state index contributed by atoms with van der Waals surface area (Å²) in [6.45, 7) is 5.19. The lowest BCUT2D eigenvalue weighted by Crippen LogP contribution is -2.42. The summed E-state index contributed by atoms with van der Waals surface area (Å²) in [5.74, 6) is -0.900. The van der Waals surface area contributed by atoms with Crippen LogP contribution in [0.5, 0.6) is 0 Å². The van der Waals surface area contributed by atoms with Gasteiger partial charge in [0, 0.05) is 17.8 Å². The van der Waals surface area contributed by atoms with Gasteiger partial charge in [0.15, 0.2) is 0 Å². The standard InChI is InChI=1S/C20H23ClN2O3/c1-12-6-5-7-13(2)17(12)22-19(25)18(23(4)20(26)14(3)24)15-8-10-16(21)11-9-15/h5-11,14,18,24H,1-4H3,(H,22,25)/t14-,18+/m0/s1. The third kappa shape index (κ3) is 4.42. The highest BCUT2D eigenvalue weighted by Crippen LogP contribution is 2.26. The Labute approximate surface area is 158 Å². The third-order valence-electron chi connectivity index (χ3n) is 4.26. The number of anilines is 1. The first-order chi connectivity index (χ1) is 12.2. The van der Waals surface area contributed by atoms with Crippen molar-refractivity contribution in [2.24, 2.45) is 0 Å². The summed E-state index contributed by atoms with van der Waals surface area (Å²) >= 11 is 5.94. The summed E-state index contributed by atoms with van der Waals surface area (Å²) in [7, 11) is 1.50. The molecule has 2 rings (SSSR count). The van der Waals surface area contributed by atoms with Crippen LogP contribution in [0, 0.1) is 13.8 Å². The van der Waals surface area contributed by atoms with Gasteiger partial charge < -0.3 is 15.3 Å². The number of carbonyl (C=O) groups is 2. The van der Waals surface area contributed by atoms with Crippen molar-refractivity contribution in [3.05, 3.63) is 64.2 Å². The molecule has 2 aromatic carbocycles. The van der Waals surface area contributed by atoms with Crippen molar-refractivity contribution < 1.29 is 14.7 Å². The molecule has 0 aliphatic carbocycles. The van der Waals surface area contributed by atoms with Crippen molar-refractivity contribution in [2.45, 2.75) is 32.9 Å². The lowest BCUT2D eigenvalue weighted by Gasteiger charge is -2.29. The predicted octanol–water partition coefficient (Wildman–Crippen LogP) is 3.48. The van der Waals surface area contributed by atoms with E-state index in [-0.39, 0.29) is 5.91 Å². The summed E-state index contributed by atoms with van der Waals surface area (Å²) in [5.41, 5.74) is 3.18. The zero-order valence-electron chi connectivity index (χ0n) is 15.3. The molecule has 0 bridgehead atoms. The maximum Gasteiger partial charge on any atom is 0.251 e. The Bertz CT molecular complexity index is 783. The number of likely N-dealkylation sites (N-methyl/N-ethyl adjacent to an activating group) is 1. The molecular weight excluding hydrogens is 352 g/mol. The SMILES string of the molecule is Cc1cccc(C)c1NC(=O)[C@@H](c1ccc(Cl)cc1)N(C)C(=O)[C@H](C)O. The molecule has 0 unspecified atom stereocenters. The number of hydrogen-bond donors (Lipinski definition) is 2. The molecule has 0 saturated heterocycles. The van der Waals surface area contributed by atoms with Crippen LogP contribution in [0.2, 0.25) is 5.02 Å². The second-order valence-corrected chi connectivity index (χ2v) is 6.77. The van der Waals surface area contributed by atoms with Crippen LogP contribution in [-0.2, 0) is 9.59 Å². The second kappa shape index (κ2) is 8.34. The number of carbonyl (C=O) groups excluding carboxylic acids is 2. The Morgan fingerprint density at radius 1 is 1.08 bits per heavy atom. The van der Waals surface area contributed by atoms with Crippen LogP contribution in [0.4, 0.5) is 5.69 Å². The average Bonchev–Trinajstić information content (AvgIpc) is 2.59. The summed E-state index contributed by atoms with van der Waals surface area (Å²) < 4.78 is 0. The Morgan fingerprint density at radius 3 is 2.12 bits per heavy atom. The molecule has 0 heterocycles. The van der Waals surface area contributed by atoms with E-state index in [1.165, 1.54) is 18.9 Å². The first-order valence-electron chi connectivity index (χ1n) is 8.29. The number of nitrogens with one attached hydrogen (secondary N) is 1. The summed E-state index contributed by atoms with van der Waals surface area (Å²) in [6, 6.07) is 11.6. The van der Waals surface area contributed by atoms with Crippen molar-refractivity contribution in [3.8, 4) is 0 Å². The maximum atomic E-state index is 13.1. The average molecular weight is 375 g/mol. The normalized spacial score (nSPS) is 13.0. The van der Waals surface area contributed by atoms with Gasteiger partial charge >= 0.3 is 0 Å². The number of amides is 2. The van der Waals surface area contributed by atoms with E-state index in [0.717, 1.165) is 11.1 Å². The summed E-state index contributed by atoms with van der Waals surface area (Å²) in [5, 5.41) is 13.1. The van der Waals surface area contributed by atoms with E-state index in [1.54, 1.807) is 24.3 Å². The fraction of sp³-hybridized carbons (Fsp3) is 0.300. The fourth-order valence-electron chi connectivity index (χ4n) is 2.82. The Balaban J connectivity index is 2.41. The van der Waals surface area contributed by atoms with Crippen molar-refractivity contribution in [1.82, 2.24) is 4.90 Å². The number of aliphatic hydroxyl groups is 1. The molecule has 0 saturated carbocycles. The molecule has 0 fully saturated rings. The van der Waals surface area contributed by atoms with E-state index in [0.29, 0.717) is 16.3 Å². The molecule has 2 atom stereocenters. The van der Waals surface area contributed by atoms with Crippen LogP contribution in [-0.4, -0.2) is 35.0 Å². The topological polar surface area (TPSA) is 69.6 Å². The van der Waals surface area contributed by atoms with Gasteiger partial charge in [0.1, 0.15) is 12.1 Å². The molecule has 0 aliphatic heterocycles. The number of halogens is 1. The predicted molar refractivity (Wildman–Crippen MR) is 103 cm³/mol. The van der Waals surface area contributed by atoms with Gasteiger partial charge in [0.2, 0.25) is 0 Å². The van der Waals surface area contributed by atoms with Crippen LogP contribution >= 0.6 is 11.6 Å². The number of hydrogen-bond acceptors (Lipinski definition) is 3. The first-order valence-corrected chi connectivity index (χ1v) is 8.67. The van der Waals surface area contributed by atoms with E-state index in [1.807, 2.05) is 32.0 Å². The summed E-state index contributed by atoms with van der Waals surface area (Å²) in [4.78, 5) is 26.6. The minimum atomic E-state index is -1.21. The van der Waals surface area contributed by atoms with E-state index in [9.17, 15) is 14.7 Å². The van der Waals surface area contributed by atoms with Crippen LogP contribution in [0.3, 0.4) is 0 Å². The van der Waals surface area contributed by atoms with E-state index in [4.69, 9.17) is 11.6 Å². The smallest absolute Gasteiger partial charge is 0.251 e. The molecule has 2 N–H and O–H groups in total. The molecule has 0 radical (unpaired) electrons. The van der Waals surface area contributed by atoms with Gasteiger partial charge in [-0.05, 0) is 49.6 Å². The van der Waals surface area contributed by atoms with Crippen molar-refractivity contribution in [2.75, 3.05) is 12.4 Å². The van der Waals surface area contributed by atoms with Gasteiger partial charge in [0.25, 0.3) is 11.8 Å². The van der Waals surface area contributed by atoms with E-state index < -0.39 is 18.1 Å². The molecule has 0 aliphatic rings. The fourth-order valence-corrected chi connectivity index (χ4v) is 2.95. The van der Waals surface area contributed by atoms with Crippen molar-refractivity contribution >= 4 is 29.1 Å². The molecule has 6 heteroatoms. The third-order valence-corrected chi connectivity index (χ3v) is 4.51. The van der Waals surface area contributed by atoms with Gasteiger partial charge in [0.05, 0.1) is 0 Å². The molecule has 2 amide bonds. The van der Waals surface area contributed by atoms with Gasteiger partial charge in [-0.1, -0.05) is 41.9 Å². The maximum absolute atomic E-state index is 13.1. The number of aliphatic hydroxyl groups excluding tert-OH is 1. The van der Waals surface area contributed by atoms with E-state index in [2.05, 4.69) is 5.32 Å². The zero-order valence-corrected chi connectivity index (χ0v) is 16.0. The largest absolute Gasteiger partial charge is 0.384 e.